The van der Waals surface area contributed by atoms with Gasteiger partial charge in [-0.2, -0.15) is 13.2 Å². The van der Waals surface area contributed by atoms with Crippen molar-refractivity contribution < 1.29 is 32.2 Å². The first-order valence-corrected chi connectivity index (χ1v) is 8.38. The molecule has 146 valence electrons. The number of hydrogen-bond acceptors (Lipinski definition) is 5. The molecule has 2 rings (SSSR count). The van der Waals surface area contributed by atoms with Crippen molar-refractivity contribution >= 4 is 5.97 Å². The van der Waals surface area contributed by atoms with E-state index in [2.05, 4.69) is 4.98 Å². The van der Waals surface area contributed by atoms with Gasteiger partial charge in [-0.25, -0.2) is 9.78 Å². The number of pyridine rings is 1. The highest BCUT2D eigenvalue weighted by molar-refractivity contribution is 5.78. The number of ether oxygens (including phenoxy) is 3. The van der Waals surface area contributed by atoms with E-state index in [0.717, 1.165) is 18.6 Å². The smallest absolute Gasteiger partial charge is 0.417 e. The van der Waals surface area contributed by atoms with E-state index in [1.54, 1.807) is 30.3 Å². The van der Waals surface area contributed by atoms with E-state index in [1.165, 1.54) is 6.92 Å². The van der Waals surface area contributed by atoms with E-state index in [4.69, 9.17) is 14.2 Å². The highest BCUT2D eigenvalue weighted by atomic mass is 19.4. The largest absolute Gasteiger partial charge is 0.460 e. The maximum atomic E-state index is 12.7. The zero-order valence-corrected chi connectivity index (χ0v) is 15.0. The Labute approximate surface area is 155 Å². The summed E-state index contributed by atoms with van der Waals surface area (Å²) in [7, 11) is 0. The molecule has 1 unspecified atom stereocenters. The molecule has 1 aromatic heterocycles. The minimum Gasteiger partial charge on any atom is -0.460 e. The number of unbranched alkanes of at least 4 members (excludes halogenated alkanes) is 1. The van der Waals surface area contributed by atoms with Crippen LogP contribution in [0.5, 0.6) is 11.6 Å². The number of para-hydroxylation sites is 1. The molecule has 1 atom stereocenters. The molecule has 0 N–H and O–H groups in total. The number of esters is 1. The molecule has 0 aliphatic rings. The summed E-state index contributed by atoms with van der Waals surface area (Å²) in [5.74, 6) is -2.59. The number of hydrogen-bond donors (Lipinski definition) is 0. The summed E-state index contributed by atoms with van der Waals surface area (Å²) in [6.07, 6.45) is -2.41. The second kappa shape index (κ2) is 8.75. The Morgan fingerprint density at radius 2 is 1.78 bits per heavy atom. The van der Waals surface area contributed by atoms with Crippen molar-refractivity contribution in [2.24, 2.45) is 0 Å². The van der Waals surface area contributed by atoms with Crippen molar-refractivity contribution in [3.05, 3.63) is 54.2 Å². The Balaban J connectivity index is 2.21. The molecule has 5 nitrogen and oxygen atoms in total. The van der Waals surface area contributed by atoms with E-state index in [1.807, 2.05) is 6.92 Å². The topological polar surface area (TPSA) is 57.7 Å². The molecule has 8 heteroatoms. The van der Waals surface area contributed by atoms with Crippen LogP contribution in [0.2, 0.25) is 0 Å². The van der Waals surface area contributed by atoms with Crippen LogP contribution in [0.3, 0.4) is 0 Å². The molecule has 0 saturated carbocycles. The first-order chi connectivity index (χ1) is 12.7. The van der Waals surface area contributed by atoms with Crippen LogP contribution >= 0.6 is 0 Å². The molecule has 0 aliphatic carbocycles. The molecule has 1 heterocycles. The van der Waals surface area contributed by atoms with Gasteiger partial charge in [0.2, 0.25) is 5.88 Å². The van der Waals surface area contributed by atoms with E-state index in [0.29, 0.717) is 18.4 Å². The Bertz CT molecular complexity index is 735. The molecular formula is C19H20F3NO4. The zero-order valence-electron chi connectivity index (χ0n) is 15.0. The molecule has 0 bridgehead atoms. The Morgan fingerprint density at radius 1 is 1.07 bits per heavy atom. The fourth-order valence-electron chi connectivity index (χ4n) is 2.07. The first kappa shape index (κ1) is 20.5. The van der Waals surface area contributed by atoms with Crippen molar-refractivity contribution in [2.75, 3.05) is 6.61 Å². The number of nitrogens with zero attached hydrogens (tertiary/aromatic N) is 1. The van der Waals surface area contributed by atoms with Gasteiger partial charge in [-0.3, -0.25) is 0 Å². The van der Waals surface area contributed by atoms with Gasteiger partial charge in [-0.05, 0) is 24.6 Å². The Kier molecular flexibility index (Phi) is 6.65. The van der Waals surface area contributed by atoms with Crippen LogP contribution in [0.1, 0.15) is 32.3 Å². The lowest BCUT2D eigenvalue weighted by Crippen LogP contribution is -2.48. The highest BCUT2D eigenvalue weighted by Crippen LogP contribution is 2.30. The van der Waals surface area contributed by atoms with Gasteiger partial charge in [0.1, 0.15) is 5.75 Å². The molecule has 1 aromatic carbocycles. The van der Waals surface area contributed by atoms with Crippen LogP contribution in [-0.2, 0) is 15.7 Å². The molecule has 2 aromatic rings. The number of halogens is 3. The lowest BCUT2D eigenvalue weighted by molar-refractivity contribution is -0.188. The van der Waals surface area contributed by atoms with Crippen LogP contribution in [0.25, 0.3) is 0 Å². The van der Waals surface area contributed by atoms with Crippen molar-refractivity contribution in [3.8, 4) is 11.6 Å². The van der Waals surface area contributed by atoms with E-state index < -0.39 is 23.5 Å². The molecule has 0 aliphatic heterocycles. The van der Waals surface area contributed by atoms with Crippen LogP contribution < -0.4 is 9.47 Å². The highest BCUT2D eigenvalue weighted by Gasteiger charge is 2.41. The monoisotopic (exact) mass is 383 g/mol. The number of carbonyl (C=O) groups is 1. The van der Waals surface area contributed by atoms with Crippen molar-refractivity contribution in [2.45, 2.75) is 38.7 Å². The average molecular weight is 383 g/mol. The second-order valence-electron chi connectivity index (χ2n) is 5.84. The van der Waals surface area contributed by atoms with E-state index in [9.17, 15) is 18.0 Å². The normalized spacial score (nSPS) is 13.5. The van der Waals surface area contributed by atoms with Crippen LogP contribution in [0.4, 0.5) is 13.2 Å². The molecule has 0 amide bonds. The predicted molar refractivity (Wildman–Crippen MR) is 91.2 cm³/mol. The maximum absolute atomic E-state index is 12.7. The summed E-state index contributed by atoms with van der Waals surface area (Å²) in [6.45, 7) is 3.44. The summed E-state index contributed by atoms with van der Waals surface area (Å²) in [6, 6.07) is 10.2. The van der Waals surface area contributed by atoms with Gasteiger partial charge in [0.05, 0.1) is 12.2 Å². The summed E-state index contributed by atoms with van der Waals surface area (Å²) in [4.78, 5) is 16.1. The standard InChI is InChI=1S/C19H20F3NO4/c1-3-4-12-25-17(24)18(2,26-15-8-6-5-7-9-15)27-16-11-10-14(13-23-16)19(20,21)22/h5-11,13H,3-4,12H2,1-2H3. The molecule has 27 heavy (non-hydrogen) atoms. The third-order valence-electron chi connectivity index (χ3n) is 3.52. The minimum atomic E-state index is -4.52. The van der Waals surface area contributed by atoms with Crippen LogP contribution in [-0.4, -0.2) is 23.3 Å². The van der Waals surface area contributed by atoms with Gasteiger partial charge >= 0.3 is 17.9 Å². The minimum absolute atomic E-state index is 0.173. The van der Waals surface area contributed by atoms with Gasteiger partial charge in [0.25, 0.3) is 0 Å². The van der Waals surface area contributed by atoms with Gasteiger partial charge in [0, 0.05) is 19.2 Å². The number of carbonyl (C=O) groups excluding carboxylic acids is 1. The van der Waals surface area contributed by atoms with Crippen molar-refractivity contribution in [3.63, 3.8) is 0 Å². The summed E-state index contributed by atoms with van der Waals surface area (Å²) >= 11 is 0. The van der Waals surface area contributed by atoms with Crippen molar-refractivity contribution in [1.82, 2.24) is 4.98 Å². The maximum Gasteiger partial charge on any atom is 0.417 e. The third kappa shape index (κ3) is 5.87. The summed E-state index contributed by atoms with van der Waals surface area (Å²) in [5, 5.41) is 0. The van der Waals surface area contributed by atoms with E-state index >= 15 is 0 Å². The first-order valence-electron chi connectivity index (χ1n) is 8.38. The fourth-order valence-corrected chi connectivity index (χ4v) is 2.07. The van der Waals surface area contributed by atoms with Gasteiger partial charge < -0.3 is 14.2 Å². The van der Waals surface area contributed by atoms with Gasteiger partial charge in [-0.15, -0.1) is 0 Å². The SMILES string of the molecule is CCCCOC(=O)C(C)(Oc1ccccc1)Oc1ccc(C(F)(F)F)cn1. The summed E-state index contributed by atoms with van der Waals surface area (Å²) < 4.78 is 54.3. The fraction of sp³-hybridized carbons (Fsp3) is 0.368. The quantitative estimate of drug-likeness (QED) is 0.378. The number of rotatable bonds is 8. The lowest BCUT2D eigenvalue weighted by atomic mass is 10.2. The van der Waals surface area contributed by atoms with Gasteiger partial charge in [0.15, 0.2) is 0 Å². The predicted octanol–water partition coefficient (Wildman–Crippen LogP) is 4.62. The van der Waals surface area contributed by atoms with Gasteiger partial charge in [-0.1, -0.05) is 31.5 Å². The second-order valence-corrected chi connectivity index (χ2v) is 5.84. The Hall–Kier alpha value is -2.77. The summed E-state index contributed by atoms with van der Waals surface area (Å²) in [5.41, 5.74) is -0.925. The number of alkyl halides is 3. The third-order valence-corrected chi connectivity index (χ3v) is 3.52. The lowest BCUT2D eigenvalue weighted by Gasteiger charge is -2.28. The number of benzene rings is 1. The van der Waals surface area contributed by atoms with Crippen LogP contribution in [0, 0.1) is 0 Å². The molecule has 0 radical (unpaired) electrons. The molecular weight excluding hydrogens is 363 g/mol. The van der Waals surface area contributed by atoms with E-state index in [-0.39, 0.29) is 12.5 Å². The zero-order chi connectivity index (χ0) is 19.9. The van der Waals surface area contributed by atoms with Crippen molar-refractivity contribution in [1.29, 1.82) is 0 Å². The molecule has 0 spiro atoms. The molecule has 0 fully saturated rings. The molecule has 0 saturated heterocycles. The average Bonchev–Trinajstić information content (AvgIpc) is 2.62. The Morgan fingerprint density at radius 3 is 2.33 bits per heavy atom. The van der Waals surface area contributed by atoms with Crippen LogP contribution in [0.15, 0.2) is 48.7 Å². The number of aromatic nitrogens is 1.